The summed E-state index contributed by atoms with van der Waals surface area (Å²) < 4.78 is 0. The second-order valence-electron chi connectivity index (χ2n) is 14.0. The van der Waals surface area contributed by atoms with Crippen LogP contribution in [0.25, 0.3) is 90.9 Å². The molecule has 0 radical (unpaired) electrons. The largest absolute Gasteiger partial charge is 3.00 e. The van der Waals surface area contributed by atoms with Gasteiger partial charge in [0, 0.05) is 44.3 Å². The van der Waals surface area contributed by atoms with E-state index < -0.39 is 23.9 Å². The molecule has 7 aromatic rings. The molecule has 5 heterocycles. The third-order valence-electron chi connectivity index (χ3n) is 10.4. The molecule has 0 spiro atoms. The zero-order chi connectivity index (χ0) is 41.7. The van der Waals surface area contributed by atoms with Crippen molar-refractivity contribution in [3.63, 3.8) is 0 Å². The molecule has 0 unspecified atom stereocenters. The predicted molar refractivity (Wildman–Crippen MR) is 228 cm³/mol. The van der Waals surface area contributed by atoms with Crippen molar-refractivity contribution in [2.75, 3.05) is 0 Å². The Morgan fingerprint density at radius 3 is 0.705 bits per heavy atom. The Balaban J connectivity index is 0.00000514. The molecule has 3 aromatic heterocycles. The zero-order valence-electron chi connectivity index (χ0n) is 31.6. The maximum absolute atomic E-state index is 11.8. The van der Waals surface area contributed by atoms with E-state index in [1.807, 2.05) is 48.6 Å². The molecule has 12 nitrogen and oxygen atoms in total. The van der Waals surface area contributed by atoms with Crippen molar-refractivity contribution >= 4 is 70.2 Å². The Kier molecular flexibility index (Phi) is 10.4. The molecule has 13 heteroatoms. The molecule has 8 bridgehead atoms. The molecule has 61 heavy (non-hydrogen) atoms. The van der Waals surface area contributed by atoms with E-state index in [2.05, 4.69) is 9.97 Å². The summed E-state index contributed by atoms with van der Waals surface area (Å²) in [6.45, 7) is 0. The van der Waals surface area contributed by atoms with Gasteiger partial charge in [-0.1, -0.05) is 48.5 Å². The first kappa shape index (κ1) is 39.7. The van der Waals surface area contributed by atoms with Crippen LogP contribution < -0.4 is 0 Å². The molecule has 2 aliphatic heterocycles. The van der Waals surface area contributed by atoms with Crippen LogP contribution in [-0.2, 0) is 17.1 Å². The van der Waals surface area contributed by atoms with E-state index in [1.165, 1.54) is 48.5 Å². The third-order valence-corrected chi connectivity index (χ3v) is 10.4. The molecular weight excluding hydrogens is 815 g/mol. The summed E-state index contributed by atoms with van der Waals surface area (Å²) in [5.41, 5.74) is 10.7. The van der Waals surface area contributed by atoms with Gasteiger partial charge in [0.05, 0.1) is 45.0 Å². The Hall–Kier alpha value is -8.12. The van der Waals surface area contributed by atoms with Crippen LogP contribution in [0.5, 0.6) is 0 Å². The van der Waals surface area contributed by atoms with E-state index in [1.54, 1.807) is 48.5 Å². The van der Waals surface area contributed by atoms with Crippen LogP contribution in [0, 0.1) is 0 Å². The monoisotopic (exact) mass is 845 g/mol. The number of carboxylic acid groups (broad SMARTS) is 4. The van der Waals surface area contributed by atoms with Gasteiger partial charge < -0.3 is 30.4 Å². The fraction of sp³-hybridized carbons (Fsp3) is 0. The number of nitrogens with one attached hydrogen (secondary N) is 2. The average Bonchev–Trinajstić information content (AvgIpc) is 4.10. The first-order valence-electron chi connectivity index (χ1n) is 18.5. The van der Waals surface area contributed by atoms with Crippen molar-refractivity contribution < 1.29 is 56.7 Å². The fourth-order valence-corrected chi connectivity index (χ4v) is 7.54. The smallest absolute Gasteiger partial charge is 0.478 e. The molecule has 0 saturated heterocycles. The van der Waals surface area contributed by atoms with Crippen LogP contribution >= 0.6 is 0 Å². The number of aromatic carboxylic acids is 4. The molecule has 0 atom stereocenters. The van der Waals surface area contributed by atoms with Crippen LogP contribution in [0.4, 0.5) is 0 Å². The molecule has 0 saturated carbocycles. The van der Waals surface area contributed by atoms with Gasteiger partial charge in [-0.3, -0.25) is 0 Å². The van der Waals surface area contributed by atoms with E-state index in [-0.39, 0.29) is 39.3 Å². The van der Waals surface area contributed by atoms with Crippen molar-refractivity contribution in [2.45, 2.75) is 0 Å². The number of fused-ring (bicyclic) bond motifs is 8. The van der Waals surface area contributed by atoms with Crippen LogP contribution in [0.2, 0.25) is 0 Å². The van der Waals surface area contributed by atoms with Gasteiger partial charge in [-0.15, -0.1) is 0 Å². The van der Waals surface area contributed by atoms with Crippen LogP contribution in [0.1, 0.15) is 64.2 Å². The maximum Gasteiger partial charge on any atom is 3.00 e. The molecule has 0 fully saturated rings. The van der Waals surface area contributed by atoms with Crippen molar-refractivity contribution in [3.05, 3.63) is 166 Å². The van der Waals surface area contributed by atoms with Crippen LogP contribution in [-0.4, -0.2) is 64.2 Å². The fourth-order valence-electron chi connectivity index (χ4n) is 7.54. The van der Waals surface area contributed by atoms with Gasteiger partial charge in [-0.25, -0.2) is 29.1 Å². The molecule has 4 aromatic carbocycles. The second-order valence-corrected chi connectivity index (χ2v) is 14.0. The Morgan fingerprint density at radius 1 is 0.328 bits per heavy atom. The number of benzene rings is 4. The number of rotatable bonds is 8. The minimum Gasteiger partial charge on any atom is -0.478 e. The quantitative estimate of drug-likeness (QED) is 0.0798. The number of H-pyrrole nitrogens is 2. The van der Waals surface area contributed by atoms with E-state index in [0.717, 1.165) is 0 Å². The standard InChI is InChI=1S/C48H30N4O8.Mn/c53-45(54)29-9-1-25(2-10-29)41-33-17-19-35(49-33)42(26-3-11-30(12-4-26)46(55)56)37-21-23-39(51-37)44(28-7-15-32(16-8-28)48(59)60)40-24-22-38(52-40)43(36-20-18-34(41)50-36)27-5-13-31(14-6-27)47(57)58;/h1-24,49,52H,(H,53,54)(H,55,56)(H,57,58)(H,59,60);/q;+3. The van der Waals surface area contributed by atoms with E-state index >= 15 is 0 Å². The van der Waals surface area contributed by atoms with Gasteiger partial charge in [-0.2, -0.15) is 0 Å². The second kappa shape index (κ2) is 15.9. The van der Waals surface area contributed by atoms with Gasteiger partial charge in [0.15, 0.2) is 0 Å². The normalized spacial score (nSPS) is 11.5. The summed E-state index contributed by atoms with van der Waals surface area (Å²) in [7, 11) is 0. The summed E-state index contributed by atoms with van der Waals surface area (Å²) in [6.07, 6.45) is 7.47. The Morgan fingerprint density at radius 2 is 0.525 bits per heavy atom. The summed E-state index contributed by atoms with van der Waals surface area (Å²) in [6, 6.07) is 33.6. The summed E-state index contributed by atoms with van der Waals surface area (Å²) >= 11 is 0. The molecular formula is C48H30MnN4O8+3. The van der Waals surface area contributed by atoms with Gasteiger partial charge in [0.1, 0.15) is 0 Å². The van der Waals surface area contributed by atoms with Gasteiger partial charge in [-0.05, 0) is 119 Å². The van der Waals surface area contributed by atoms with Gasteiger partial charge >= 0.3 is 40.9 Å². The summed E-state index contributed by atoms with van der Waals surface area (Å²) in [5, 5.41) is 38.7. The third kappa shape index (κ3) is 7.42. The number of aromatic nitrogens is 4. The maximum atomic E-state index is 11.8. The number of hydrogen-bond donors (Lipinski definition) is 6. The van der Waals surface area contributed by atoms with Crippen molar-refractivity contribution in [1.29, 1.82) is 0 Å². The van der Waals surface area contributed by atoms with E-state index in [0.29, 0.717) is 89.4 Å². The van der Waals surface area contributed by atoms with Gasteiger partial charge in [0.25, 0.3) is 0 Å². The minimum absolute atomic E-state index is 0. The van der Waals surface area contributed by atoms with Crippen LogP contribution in [0.3, 0.4) is 0 Å². The SMILES string of the molecule is O=C(O)c1ccc(-c2c3nc(c(-c4ccc(C(=O)O)cc4)c4ccc([nH]4)c(-c4ccc(C(=O)O)cc4)c4nc(c(-c5ccc(C(=O)O)cc5)c5ccc2[nH]5)C=C4)C=C3)cc1.[Mn+3]. The summed E-state index contributed by atoms with van der Waals surface area (Å²) in [4.78, 5) is 64.8. The van der Waals surface area contributed by atoms with Crippen molar-refractivity contribution in [3.8, 4) is 44.5 Å². The molecule has 0 amide bonds. The average molecular weight is 846 g/mol. The molecule has 6 N–H and O–H groups in total. The summed E-state index contributed by atoms with van der Waals surface area (Å²) in [5.74, 6) is -4.25. The van der Waals surface area contributed by atoms with E-state index in [4.69, 9.17) is 9.97 Å². The zero-order valence-corrected chi connectivity index (χ0v) is 32.7. The van der Waals surface area contributed by atoms with Crippen LogP contribution in [0.15, 0.2) is 121 Å². The number of hydrogen-bond acceptors (Lipinski definition) is 6. The first-order valence-corrected chi connectivity index (χ1v) is 18.5. The molecule has 0 aliphatic carbocycles. The topological polar surface area (TPSA) is 207 Å². The Bertz CT molecular complexity index is 2760. The van der Waals surface area contributed by atoms with Gasteiger partial charge in [0.2, 0.25) is 0 Å². The predicted octanol–water partition coefficient (Wildman–Crippen LogP) is 10.1. The number of nitrogens with zero attached hydrogens (tertiary/aromatic N) is 2. The van der Waals surface area contributed by atoms with Crippen molar-refractivity contribution in [2.24, 2.45) is 0 Å². The molecule has 2 aliphatic rings. The molecule has 294 valence electrons. The number of carboxylic acids is 4. The number of aromatic amines is 2. The van der Waals surface area contributed by atoms with Crippen molar-refractivity contribution in [1.82, 2.24) is 19.9 Å². The Labute approximate surface area is 356 Å². The van der Waals surface area contributed by atoms with E-state index in [9.17, 15) is 39.6 Å². The number of carbonyl (C=O) groups is 4. The molecule has 9 rings (SSSR count). The first-order chi connectivity index (χ1) is 29.0. The minimum atomic E-state index is -1.06.